The minimum absolute atomic E-state index is 0.0317. The molecule has 0 aromatic heterocycles. The number of halogens is 4. The summed E-state index contributed by atoms with van der Waals surface area (Å²) >= 11 is 0. The molecule has 0 saturated heterocycles. The van der Waals surface area contributed by atoms with Crippen LogP contribution in [0.5, 0.6) is 5.75 Å². The topological polar surface area (TPSA) is 94.6 Å². The maximum Gasteiger partial charge on any atom is 0.416 e. The average molecular weight is 400 g/mol. The van der Waals surface area contributed by atoms with E-state index in [0.717, 1.165) is 7.11 Å². The highest BCUT2D eigenvalue weighted by molar-refractivity contribution is 5.92. The lowest BCUT2D eigenvalue weighted by Gasteiger charge is -2.28. The molecule has 0 bridgehead atoms. The molecule has 2 rings (SSSR count). The highest BCUT2D eigenvalue weighted by Crippen LogP contribution is 2.45. The second kappa shape index (κ2) is 7.80. The number of carbonyl (C=O) groups excluding carboxylic acids is 1. The zero-order valence-corrected chi connectivity index (χ0v) is 15.1. The Morgan fingerprint density at radius 3 is 2.54 bits per heavy atom. The first kappa shape index (κ1) is 21.1. The Hall–Kier alpha value is -3.22. The van der Waals surface area contributed by atoms with Crippen molar-refractivity contribution in [1.82, 2.24) is 0 Å². The number of methoxy groups -OCH3 is 1. The van der Waals surface area contributed by atoms with E-state index in [-0.39, 0.29) is 29.6 Å². The molecular weight excluding hydrogens is 384 g/mol. The number of alkyl halides is 3. The van der Waals surface area contributed by atoms with E-state index in [4.69, 9.17) is 19.9 Å². The van der Waals surface area contributed by atoms with E-state index in [1.54, 1.807) is 6.07 Å². The van der Waals surface area contributed by atoms with Crippen LogP contribution in [0.4, 0.5) is 17.6 Å². The lowest BCUT2D eigenvalue weighted by atomic mass is 9.82. The maximum absolute atomic E-state index is 14.8. The van der Waals surface area contributed by atoms with E-state index in [2.05, 4.69) is 0 Å². The smallest absolute Gasteiger partial charge is 0.416 e. The van der Waals surface area contributed by atoms with Crippen molar-refractivity contribution < 1.29 is 36.6 Å². The van der Waals surface area contributed by atoms with Crippen molar-refractivity contribution in [2.75, 3.05) is 13.7 Å². The molecule has 0 fully saturated rings. The fourth-order valence-electron chi connectivity index (χ4n) is 2.85. The first-order valence-electron chi connectivity index (χ1n) is 7.96. The molecular formula is C18H16F4N2O4. The Kier molecular flexibility index (Phi) is 5.87. The molecule has 1 aromatic rings. The lowest BCUT2D eigenvalue weighted by Crippen LogP contribution is -2.26. The number of esters is 1. The zero-order valence-electron chi connectivity index (χ0n) is 15.1. The van der Waals surface area contributed by atoms with E-state index in [9.17, 15) is 27.6 Å². The number of ether oxygens (including phenoxy) is 3. The highest BCUT2D eigenvalue weighted by atomic mass is 19.4. The summed E-state index contributed by atoms with van der Waals surface area (Å²) in [6, 6.07) is 2.56. The van der Waals surface area contributed by atoms with Crippen LogP contribution in [0.25, 0.3) is 0 Å². The zero-order chi connectivity index (χ0) is 21.2. The number of benzene rings is 1. The number of hydrogen-bond acceptors (Lipinski definition) is 6. The summed E-state index contributed by atoms with van der Waals surface area (Å²) < 4.78 is 69.0. The second-order valence-electron chi connectivity index (χ2n) is 5.69. The van der Waals surface area contributed by atoms with Crippen molar-refractivity contribution in [2.24, 2.45) is 5.73 Å². The van der Waals surface area contributed by atoms with Gasteiger partial charge in [0.15, 0.2) is 0 Å². The molecule has 150 valence electrons. The number of rotatable bonds is 4. The van der Waals surface area contributed by atoms with Crippen molar-refractivity contribution in [3.63, 3.8) is 0 Å². The van der Waals surface area contributed by atoms with Crippen LogP contribution in [0.1, 0.15) is 30.9 Å². The third-order valence-corrected chi connectivity index (χ3v) is 4.03. The van der Waals surface area contributed by atoms with Gasteiger partial charge in [0.2, 0.25) is 5.88 Å². The van der Waals surface area contributed by atoms with Crippen molar-refractivity contribution >= 4 is 5.97 Å². The summed E-state index contributed by atoms with van der Waals surface area (Å²) in [5, 5.41) is 9.46. The molecule has 0 aliphatic carbocycles. The van der Waals surface area contributed by atoms with Crippen LogP contribution in [-0.2, 0) is 20.4 Å². The summed E-state index contributed by atoms with van der Waals surface area (Å²) in [5.74, 6) is -4.69. The molecule has 0 amide bonds. The molecule has 1 aliphatic rings. The number of nitrogens with zero attached hydrogens (tertiary/aromatic N) is 1. The first-order chi connectivity index (χ1) is 13.1. The van der Waals surface area contributed by atoms with Crippen LogP contribution in [0.3, 0.4) is 0 Å². The first-order valence-corrected chi connectivity index (χ1v) is 7.96. The van der Waals surface area contributed by atoms with Gasteiger partial charge in [0.05, 0.1) is 30.8 Å². The predicted octanol–water partition coefficient (Wildman–Crippen LogP) is 3.50. The highest BCUT2D eigenvalue weighted by Gasteiger charge is 2.41. The molecule has 1 atom stereocenters. The number of hydrogen-bond donors (Lipinski definition) is 1. The van der Waals surface area contributed by atoms with Crippen molar-refractivity contribution in [1.29, 1.82) is 5.26 Å². The fourth-order valence-corrected chi connectivity index (χ4v) is 2.85. The number of allylic oxidation sites excluding steroid dienone is 2. The van der Waals surface area contributed by atoms with E-state index < -0.39 is 46.6 Å². The van der Waals surface area contributed by atoms with Gasteiger partial charge in [0.25, 0.3) is 0 Å². The van der Waals surface area contributed by atoms with Gasteiger partial charge in [-0.1, -0.05) is 0 Å². The monoisotopic (exact) mass is 400 g/mol. The molecule has 1 aliphatic heterocycles. The summed E-state index contributed by atoms with van der Waals surface area (Å²) in [4.78, 5) is 12.4. The Balaban J connectivity index is 2.81. The third kappa shape index (κ3) is 3.74. The Labute approximate surface area is 157 Å². The summed E-state index contributed by atoms with van der Waals surface area (Å²) in [5.41, 5.74) is 3.33. The van der Waals surface area contributed by atoms with Crippen LogP contribution in [0.2, 0.25) is 0 Å². The van der Waals surface area contributed by atoms with Crippen LogP contribution in [-0.4, -0.2) is 19.7 Å². The third-order valence-electron chi connectivity index (χ3n) is 4.03. The van der Waals surface area contributed by atoms with Gasteiger partial charge < -0.3 is 19.9 Å². The standard InChI is InChI=1S/C18H16F4N2O4/c1-4-27-17(25)13-8(2)28-16(24)10(7-23)14(13)15-11(19)5-9(18(20,21)22)6-12(15)26-3/h5-6,14H,4,24H2,1-3H3. The van der Waals surface area contributed by atoms with Crippen LogP contribution >= 0.6 is 0 Å². The number of nitriles is 1. The predicted molar refractivity (Wildman–Crippen MR) is 87.9 cm³/mol. The Morgan fingerprint density at radius 1 is 1.39 bits per heavy atom. The average Bonchev–Trinajstić information content (AvgIpc) is 2.59. The van der Waals surface area contributed by atoms with E-state index in [1.165, 1.54) is 13.8 Å². The fraction of sp³-hybridized carbons (Fsp3) is 0.333. The van der Waals surface area contributed by atoms with Gasteiger partial charge in [-0.15, -0.1) is 0 Å². The molecule has 6 nitrogen and oxygen atoms in total. The molecule has 0 saturated carbocycles. The largest absolute Gasteiger partial charge is 0.496 e. The van der Waals surface area contributed by atoms with Crippen molar-refractivity contribution in [3.8, 4) is 11.8 Å². The summed E-state index contributed by atoms with van der Waals surface area (Å²) in [6.07, 6.45) is -4.83. The molecule has 28 heavy (non-hydrogen) atoms. The second-order valence-corrected chi connectivity index (χ2v) is 5.69. The van der Waals surface area contributed by atoms with Crippen LogP contribution in [0.15, 0.2) is 34.9 Å². The minimum Gasteiger partial charge on any atom is -0.496 e. The van der Waals surface area contributed by atoms with Gasteiger partial charge in [-0.3, -0.25) is 0 Å². The Morgan fingerprint density at radius 2 is 2.04 bits per heavy atom. The van der Waals surface area contributed by atoms with Gasteiger partial charge in [-0.2, -0.15) is 18.4 Å². The van der Waals surface area contributed by atoms with E-state index in [0.29, 0.717) is 6.07 Å². The molecule has 1 aromatic carbocycles. The molecule has 0 spiro atoms. The van der Waals surface area contributed by atoms with Gasteiger partial charge in [-0.05, 0) is 26.0 Å². The van der Waals surface area contributed by atoms with Gasteiger partial charge in [0, 0.05) is 5.56 Å². The number of nitrogens with two attached hydrogens (primary N) is 1. The Bertz CT molecular complexity index is 913. The normalized spacial score (nSPS) is 17.1. The lowest BCUT2D eigenvalue weighted by molar-refractivity contribution is -0.139. The molecule has 2 N–H and O–H groups in total. The SMILES string of the molecule is CCOC(=O)C1=C(C)OC(N)=C(C#N)C1c1c(F)cc(C(F)(F)F)cc1OC. The van der Waals surface area contributed by atoms with Gasteiger partial charge >= 0.3 is 12.1 Å². The molecule has 1 unspecified atom stereocenters. The molecule has 10 heteroatoms. The van der Waals surface area contributed by atoms with Gasteiger partial charge in [0.1, 0.15) is 29.0 Å². The summed E-state index contributed by atoms with van der Waals surface area (Å²) in [6.45, 7) is 2.84. The minimum atomic E-state index is -4.83. The molecule has 0 radical (unpaired) electrons. The van der Waals surface area contributed by atoms with E-state index in [1.807, 2.05) is 0 Å². The summed E-state index contributed by atoms with van der Waals surface area (Å²) in [7, 11) is 1.04. The van der Waals surface area contributed by atoms with Gasteiger partial charge in [-0.25, -0.2) is 9.18 Å². The van der Waals surface area contributed by atoms with Crippen LogP contribution in [0, 0.1) is 17.1 Å². The maximum atomic E-state index is 14.8. The quantitative estimate of drug-likeness (QED) is 0.614. The molecule has 1 heterocycles. The van der Waals surface area contributed by atoms with Crippen molar-refractivity contribution in [3.05, 3.63) is 51.9 Å². The van der Waals surface area contributed by atoms with E-state index >= 15 is 0 Å². The number of carbonyl (C=O) groups is 1. The van der Waals surface area contributed by atoms with Crippen molar-refractivity contribution in [2.45, 2.75) is 25.9 Å². The van der Waals surface area contributed by atoms with Crippen LogP contribution < -0.4 is 10.5 Å².